The number of hydrogen-bond donors (Lipinski definition) is 0. The zero-order valence-corrected chi connectivity index (χ0v) is 11.1. The number of amides is 1. The molecule has 0 aromatic rings. The van der Waals surface area contributed by atoms with Crippen molar-refractivity contribution in [3.05, 3.63) is 0 Å². The van der Waals surface area contributed by atoms with Crippen molar-refractivity contribution in [1.82, 2.24) is 4.90 Å². The van der Waals surface area contributed by atoms with Gasteiger partial charge in [-0.3, -0.25) is 9.00 Å². The van der Waals surface area contributed by atoms with Crippen LogP contribution in [0.15, 0.2) is 0 Å². The van der Waals surface area contributed by atoms with E-state index in [-0.39, 0.29) is 17.3 Å². The Morgan fingerprint density at radius 1 is 1.50 bits per heavy atom. The summed E-state index contributed by atoms with van der Waals surface area (Å²) in [5.74, 6) is 0.713. The van der Waals surface area contributed by atoms with Gasteiger partial charge < -0.3 is 9.64 Å². The van der Waals surface area contributed by atoms with Crippen molar-refractivity contribution in [2.75, 3.05) is 26.5 Å². The molecule has 0 unspecified atom stereocenters. The third-order valence-electron chi connectivity index (χ3n) is 2.88. The molecule has 0 radical (unpaired) electrons. The van der Waals surface area contributed by atoms with E-state index in [1.54, 1.807) is 19.0 Å². The second-order valence-corrected chi connectivity index (χ2v) is 6.15. The largest absolute Gasteiger partial charge is 0.377 e. The zero-order chi connectivity index (χ0) is 12.1. The van der Waals surface area contributed by atoms with E-state index in [2.05, 4.69) is 0 Å². The van der Waals surface area contributed by atoms with Crippen LogP contribution in [0, 0.1) is 0 Å². The molecule has 1 heterocycles. The molecule has 0 N–H and O–H groups in total. The molecule has 4 nitrogen and oxygen atoms in total. The summed E-state index contributed by atoms with van der Waals surface area (Å²) in [7, 11) is 2.63. The fraction of sp³-hybridized carbons (Fsp3) is 0.909. The molecule has 0 aromatic heterocycles. The molecule has 1 aliphatic rings. The predicted molar refractivity (Wildman–Crippen MR) is 64.8 cm³/mol. The van der Waals surface area contributed by atoms with Gasteiger partial charge in [0.25, 0.3) is 0 Å². The SMILES string of the molecule is C[C@@H]1OCC[C@@H]1[S@@](=O)CCCC(=O)N(C)C. The van der Waals surface area contributed by atoms with Crippen LogP contribution in [0.1, 0.15) is 26.2 Å². The number of ether oxygens (including phenoxy) is 1. The second-order valence-electron chi connectivity index (χ2n) is 4.38. The van der Waals surface area contributed by atoms with Crippen LogP contribution >= 0.6 is 0 Å². The van der Waals surface area contributed by atoms with E-state index in [4.69, 9.17) is 4.74 Å². The summed E-state index contributed by atoms with van der Waals surface area (Å²) in [5.41, 5.74) is 0. The Balaban J connectivity index is 2.22. The van der Waals surface area contributed by atoms with E-state index < -0.39 is 10.8 Å². The van der Waals surface area contributed by atoms with Gasteiger partial charge in [0, 0.05) is 43.7 Å². The van der Waals surface area contributed by atoms with Crippen molar-refractivity contribution in [3.8, 4) is 0 Å². The molecule has 5 heteroatoms. The Labute approximate surface area is 99.8 Å². The maximum Gasteiger partial charge on any atom is 0.222 e. The summed E-state index contributed by atoms with van der Waals surface area (Å²) in [4.78, 5) is 12.9. The molecule has 1 fully saturated rings. The van der Waals surface area contributed by atoms with Gasteiger partial charge >= 0.3 is 0 Å². The van der Waals surface area contributed by atoms with E-state index >= 15 is 0 Å². The first kappa shape index (κ1) is 13.6. The second kappa shape index (κ2) is 6.35. The number of nitrogens with zero attached hydrogens (tertiary/aromatic N) is 1. The lowest BCUT2D eigenvalue weighted by Gasteiger charge is -2.14. The van der Waals surface area contributed by atoms with Gasteiger partial charge in [-0.2, -0.15) is 0 Å². The average molecular weight is 247 g/mol. The molecule has 16 heavy (non-hydrogen) atoms. The highest BCUT2D eigenvalue weighted by Crippen LogP contribution is 2.19. The van der Waals surface area contributed by atoms with Gasteiger partial charge in [-0.1, -0.05) is 0 Å². The summed E-state index contributed by atoms with van der Waals surface area (Å²) in [6, 6.07) is 0. The Hall–Kier alpha value is -0.420. The molecule has 0 aliphatic carbocycles. The van der Waals surface area contributed by atoms with E-state index in [1.807, 2.05) is 6.92 Å². The van der Waals surface area contributed by atoms with Crippen LogP contribution in [0.25, 0.3) is 0 Å². The maximum absolute atomic E-state index is 11.9. The first-order chi connectivity index (χ1) is 7.52. The van der Waals surface area contributed by atoms with Crippen LogP contribution in [-0.4, -0.2) is 52.8 Å². The van der Waals surface area contributed by atoms with Crippen LogP contribution in [-0.2, 0) is 20.3 Å². The van der Waals surface area contributed by atoms with Crippen molar-refractivity contribution >= 4 is 16.7 Å². The van der Waals surface area contributed by atoms with Gasteiger partial charge in [-0.15, -0.1) is 0 Å². The fourth-order valence-electron chi connectivity index (χ4n) is 1.80. The van der Waals surface area contributed by atoms with Gasteiger partial charge in [0.05, 0.1) is 11.4 Å². The Kier molecular flexibility index (Phi) is 5.41. The lowest BCUT2D eigenvalue weighted by atomic mass is 10.3. The van der Waals surface area contributed by atoms with E-state index in [9.17, 15) is 9.00 Å². The summed E-state index contributed by atoms with van der Waals surface area (Å²) in [6.07, 6.45) is 2.17. The van der Waals surface area contributed by atoms with Crippen LogP contribution in [0.3, 0.4) is 0 Å². The molecule has 0 bridgehead atoms. The summed E-state index contributed by atoms with van der Waals surface area (Å²) < 4.78 is 17.3. The Bertz CT molecular complexity index is 268. The number of carbonyl (C=O) groups excluding carboxylic acids is 1. The molecule has 1 amide bonds. The van der Waals surface area contributed by atoms with Crippen molar-refractivity contribution in [2.45, 2.75) is 37.5 Å². The quantitative estimate of drug-likeness (QED) is 0.721. The van der Waals surface area contributed by atoms with Crippen molar-refractivity contribution in [1.29, 1.82) is 0 Å². The highest BCUT2D eigenvalue weighted by Gasteiger charge is 2.29. The first-order valence-electron chi connectivity index (χ1n) is 5.71. The highest BCUT2D eigenvalue weighted by atomic mass is 32.2. The van der Waals surface area contributed by atoms with Gasteiger partial charge in [-0.25, -0.2) is 0 Å². The Morgan fingerprint density at radius 3 is 2.69 bits per heavy atom. The molecule has 1 rings (SSSR count). The molecule has 94 valence electrons. The van der Waals surface area contributed by atoms with Gasteiger partial charge in [0.1, 0.15) is 0 Å². The van der Waals surface area contributed by atoms with Crippen molar-refractivity contribution < 1.29 is 13.7 Å². The molecule has 1 aliphatic heterocycles. The summed E-state index contributed by atoms with van der Waals surface area (Å²) in [6.45, 7) is 2.69. The number of carbonyl (C=O) groups is 1. The van der Waals surface area contributed by atoms with Crippen LogP contribution in [0.4, 0.5) is 0 Å². The minimum atomic E-state index is -0.851. The third kappa shape index (κ3) is 3.87. The normalized spacial score (nSPS) is 26.7. The molecule has 0 spiro atoms. The van der Waals surface area contributed by atoms with Crippen molar-refractivity contribution in [3.63, 3.8) is 0 Å². The minimum absolute atomic E-state index is 0.102. The molecular formula is C11H21NO3S. The smallest absolute Gasteiger partial charge is 0.222 e. The lowest BCUT2D eigenvalue weighted by molar-refractivity contribution is -0.128. The van der Waals surface area contributed by atoms with E-state index in [0.717, 1.165) is 6.42 Å². The standard InChI is InChI=1S/C11H21NO3S/c1-9-10(6-7-15-9)16(14)8-4-5-11(13)12(2)3/h9-10H,4-8H2,1-3H3/t9-,10-,16-/m0/s1. The van der Waals surface area contributed by atoms with Crippen LogP contribution < -0.4 is 0 Å². The highest BCUT2D eigenvalue weighted by molar-refractivity contribution is 7.85. The summed E-state index contributed by atoms with van der Waals surface area (Å²) >= 11 is 0. The predicted octanol–water partition coefficient (Wildman–Crippen LogP) is 0.781. The van der Waals surface area contributed by atoms with Crippen LogP contribution in [0.5, 0.6) is 0 Å². The zero-order valence-electron chi connectivity index (χ0n) is 10.3. The number of hydrogen-bond acceptors (Lipinski definition) is 3. The molecule has 3 atom stereocenters. The first-order valence-corrected chi connectivity index (χ1v) is 7.09. The lowest BCUT2D eigenvalue weighted by Crippen LogP contribution is -2.26. The topological polar surface area (TPSA) is 46.6 Å². The third-order valence-corrected chi connectivity index (χ3v) is 4.86. The maximum atomic E-state index is 11.9. The van der Waals surface area contributed by atoms with Gasteiger partial charge in [0.15, 0.2) is 0 Å². The molecule has 0 saturated carbocycles. The summed E-state index contributed by atoms with van der Waals surface area (Å²) in [5, 5.41) is 0.162. The van der Waals surface area contributed by atoms with E-state index in [1.165, 1.54) is 0 Å². The monoisotopic (exact) mass is 247 g/mol. The average Bonchev–Trinajstić information content (AvgIpc) is 2.64. The van der Waals surface area contributed by atoms with Gasteiger partial charge in [0.2, 0.25) is 5.91 Å². The Morgan fingerprint density at radius 2 is 2.19 bits per heavy atom. The van der Waals surface area contributed by atoms with Crippen LogP contribution in [0.2, 0.25) is 0 Å². The van der Waals surface area contributed by atoms with Gasteiger partial charge in [-0.05, 0) is 19.8 Å². The van der Waals surface area contributed by atoms with Crippen molar-refractivity contribution in [2.24, 2.45) is 0 Å². The molecule has 1 saturated heterocycles. The van der Waals surface area contributed by atoms with E-state index in [0.29, 0.717) is 25.2 Å². The molecular weight excluding hydrogens is 226 g/mol. The molecule has 0 aromatic carbocycles. The fourth-order valence-corrected chi connectivity index (χ4v) is 3.39. The minimum Gasteiger partial charge on any atom is -0.377 e. The number of rotatable bonds is 5.